The number of alkyl halides is 1. The fourth-order valence-corrected chi connectivity index (χ4v) is 4.51. The summed E-state index contributed by atoms with van der Waals surface area (Å²) in [6, 6.07) is 4.97. The fourth-order valence-electron chi connectivity index (χ4n) is 4.51. The molecule has 2 aliphatic heterocycles. The summed E-state index contributed by atoms with van der Waals surface area (Å²) in [4.78, 5) is 0. The van der Waals surface area contributed by atoms with Crippen molar-refractivity contribution in [3.05, 3.63) is 57.9 Å². The number of halogens is 4. The van der Waals surface area contributed by atoms with Gasteiger partial charge in [-0.25, -0.2) is 8.78 Å². The largest absolute Gasteiger partial charge is 0.450 e. The maximum atomic E-state index is 15.3. The predicted molar refractivity (Wildman–Crippen MR) is 106 cm³/mol. The van der Waals surface area contributed by atoms with E-state index in [1.54, 1.807) is 12.1 Å². The second-order valence-electron chi connectivity index (χ2n) is 8.23. The van der Waals surface area contributed by atoms with E-state index in [4.69, 9.17) is 9.47 Å². The summed E-state index contributed by atoms with van der Waals surface area (Å²) in [7, 11) is 0. The summed E-state index contributed by atoms with van der Waals surface area (Å²) < 4.78 is 68.2. The Labute approximate surface area is 174 Å². The Hall–Kier alpha value is -2.08. The molecule has 0 N–H and O–H groups in total. The first-order valence-electron chi connectivity index (χ1n) is 10.7. The van der Waals surface area contributed by atoms with Crippen LogP contribution in [0.15, 0.2) is 18.2 Å². The van der Waals surface area contributed by atoms with E-state index in [1.807, 2.05) is 0 Å². The average Bonchev–Trinajstić information content (AvgIpc) is 2.76. The predicted octanol–water partition coefficient (Wildman–Crippen LogP) is 6.97. The van der Waals surface area contributed by atoms with Gasteiger partial charge in [-0.1, -0.05) is 25.5 Å². The molecule has 2 aromatic rings. The zero-order chi connectivity index (χ0) is 21.3. The van der Waals surface area contributed by atoms with E-state index in [2.05, 4.69) is 6.92 Å². The molecule has 0 spiro atoms. The quantitative estimate of drug-likeness (QED) is 0.399. The summed E-state index contributed by atoms with van der Waals surface area (Å²) in [5.74, 6) is -2.62. The molecule has 0 bridgehead atoms. The van der Waals surface area contributed by atoms with E-state index in [-0.39, 0.29) is 42.4 Å². The van der Waals surface area contributed by atoms with Crippen molar-refractivity contribution in [1.82, 2.24) is 0 Å². The summed E-state index contributed by atoms with van der Waals surface area (Å²) >= 11 is 0. The molecule has 2 aromatic carbocycles. The van der Waals surface area contributed by atoms with Crippen LogP contribution in [0.2, 0.25) is 0 Å². The molecule has 2 unspecified atom stereocenters. The van der Waals surface area contributed by atoms with Crippen LogP contribution in [-0.4, -0.2) is 13.3 Å². The third kappa shape index (κ3) is 3.94. The SMILES string of the molecule is CCCC1CCC(c2ccc3c(c2F)Oc2c(cc(CCCF)c(F)c2F)C3)OC1. The van der Waals surface area contributed by atoms with Gasteiger partial charge in [0.05, 0.1) is 19.4 Å². The molecule has 162 valence electrons. The van der Waals surface area contributed by atoms with Crippen molar-refractivity contribution in [2.45, 2.75) is 58.0 Å². The van der Waals surface area contributed by atoms with Crippen molar-refractivity contribution in [3.8, 4) is 11.5 Å². The lowest BCUT2D eigenvalue weighted by Gasteiger charge is -2.30. The highest BCUT2D eigenvalue weighted by molar-refractivity contribution is 5.54. The van der Waals surface area contributed by atoms with Gasteiger partial charge in [0.1, 0.15) is 0 Å². The van der Waals surface area contributed by atoms with Crippen molar-refractivity contribution in [2.75, 3.05) is 13.3 Å². The molecule has 0 radical (unpaired) electrons. The highest BCUT2D eigenvalue weighted by atomic mass is 19.2. The Morgan fingerprint density at radius 2 is 1.80 bits per heavy atom. The van der Waals surface area contributed by atoms with E-state index < -0.39 is 24.1 Å². The van der Waals surface area contributed by atoms with Crippen LogP contribution in [0.1, 0.15) is 67.4 Å². The molecule has 1 fully saturated rings. The number of hydrogen-bond acceptors (Lipinski definition) is 2. The van der Waals surface area contributed by atoms with Gasteiger partial charge in [-0.15, -0.1) is 0 Å². The summed E-state index contributed by atoms with van der Waals surface area (Å²) in [6.07, 6.45) is 3.96. The molecule has 2 aliphatic rings. The van der Waals surface area contributed by atoms with Crippen LogP contribution in [0.4, 0.5) is 17.6 Å². The number of hydrogen-bond donors (Lipinski definition) is 0. The molecule has 2 heterocycles. The first-order valence-corrected chi connectivity index (χ1v) is 10.7. The normalized spacial score (nSPS) is 20.4. The van der Waals surface area contributed by atoms with Gasteiger partial charge in [-0.2, -0.15) is 4.39 Å². The number of ether oxygens (including phenoxy) is 2. The van der Waals surface area contributed by atoms with E-state index in [1.165, 1.54) is 6.07 Å². The van der Waals surface area contributed by atoms with Crippen LogP contribution in [0.25, 0.3) is 0 Å². The molecule has 1 saturated heterocycles. The van der Waals surface area contributed by atoms with Gasteiger partial charge in [0, 0.05) is 23.1 Å². The number of rotatable bonds is 6. The van der Waals surface area contributed by atoms with Gasteiger partial charge in [0.2, 0.25) is 5.82 Å². The topological polar surface area (TPSA) is 18.5 Å². The fraction of sp³-hybridized carbons (Fsp3) is 0.500. The maximum absolute atomic E-state index is 15.3. The Morgan fingerprint density at radius 3 is 2.50 bits per heavy atom. The monoisotopic (exact) mass is 422 g/mol. The van der Waals surface area contributed by atoms with Gasteiger partial charge in [0.25, 0.3) is 0 Å². The van der Waals surface area contributed by atoms with Crippen molar-refractivity contribution in [1.29, 1.82) is 0 Å². The summed E-state index contributed by atoms with van der Waals surface area (Å²) in [5.41, 5.74) is 1.53. The first kappa shape index (κ1) is 21.2. The van der Waals surface area contributed by atoms with Crippen molar-refractivity contribution in [2.24, 2.45) is 5.92 Å². The van der Waals surface area contributed by atoms with Gasteiger partial charge in [0.15, 0.2) is 23.1 Å². The van der Waals surface area contributed by atoms with Crippen molar-refractivity contribution in [3.63, 3.8) is 0 Å². The Kier molecular flexibility index (Phi) is 6.32. The molecule has 0 aliphatic carbocycles. The number of aryl methyl sites for hydroxylation is 1. The van der Waals surface area contributed by atoms with E-state index in [0.29, 0.717) is 29.2 Å². The lowest BCUT2D eigenvalue weighted by molar-refractivity contribution is -0.0213. The standard InChI is InChI=1S/C24H26F4O2/c1-2-4-14-6-9-19(29-13-14)18-8-7-16-12-17-11-15(5-3-10-25)20(26)22(28)24(17)30-23(16)21(18)27/h7-8,11,14,19H,2-6,9-10,12-13H2,1H3. The summed E-state index contributed by atoms with van der Waals surface area (Å²) in [5, 5.41) is 0. The van der Waals surface area contributed by atoms with Crippen LogP contribution in [0.3, 0.4) is 0 Å². The zero-order valence-corrected chi connectivity index (χ0v) is 17.1. The smallest absolute Gasteiger partial charge is 0.201 e. The molecular weight excluding hydrogens is 396 g/mol. The lowest BCUT2D eigenvalue weighted by Crippen LogP contribution is -2.21. The van der Waals surface area contributed by atoms with Crippen LogP contribution in [0.5, 0.6) is 11.5 Å². The Bertz CT molecular complexity index is 920. The van der Waals surface area contributed by atoms with E-state index in [0.717, 1.165) is 25.7 Å². The molecule has 0 aromatic heterocycles. The van der Waals surface area contributed by atoms with Crippen molar-refractivity contribution < 1.29 is 27.0 Å². The van der Waals surface area contributed by atoms with Gasteiger partial charge in [-0.3, -0.25) is 4.39 Å². The first-order chi connectivity index (χ1) is 14.5. The molecule has 4 rings (SSSR count). The minimum atomic E-state index is -1.15. The minimum Gasteiger partial charge on any atom is -0.450 e. The van der Waals surface area contributed by atoms with Crippen molar-refractivity contribution >= 4 is 0 Å². The van der Waals surface area contributed by atoms with Crippen LogP contribution >= 0.6 is 0 Å². The summed E-state index contributed by atoms with van der Waals surface area (Å²) in [6.45, 7) is 2.13. The second-order valence-corrected chi connectivity index (χ2v) is 8.23. The number of benzene rings is 2. The highest BCUT2D eigenvalue weighted by Crippen LogP contribution is 2.44. The highest BCUT2D eigenvalue weighted by Gasteiger charge is 2.31. The van der Waals surface area contributed by atoms with Crippen LogP contribution < -0.4 is 4.74 Å². The molecular formula is C24H26F4O2. The lowest BCUT2D eigenvalue weighted by atomic mass is 9.90. The van der Waals surface area contributed by atoms with Crippen LogP contribution in [-0.2, 0) is 17.6 Å². The molecule has 0 saturated carbocycles. The van der Waals surface area contributed by atoms with Gasteiger partial charge >= 0.3 is 0 Å². The maximum Gasteiger partial charge on any atom is 0.201 e. The molecule has 2 nitrogen and oxygen atoms in total. The Balaban J connectivity index is 1.60. The van der Waals surface area contributed by atoms with Gasteiger partial charge in [-0.05, 0) is 49.7 Å². The molecule has 2 atom stereocenters. The number of fused-ring (bicyclic) bond motifs is 2. The second kappa shape index (κ2) is 8.96. The van der Waals surface area contributed by atoms with Crippen LogP contribution in [0, 0.1) is 23.4 Å². The molecule has 6 heteroatoms. The molecule has 30 heavy (non-hydrogen) atoms. The van der Waals surface area contributed by atoms with Gasteiger partial charge < -0.3 is 9.47 Å². The average molecular weight is 422 g/mol. The minimum absolute atomic E-state index is 0.0610. The third-order valence-electron chi connectivity index (χ3n) is 6.10. The van der Waals surface area contributed by atoms with E-state index >= 15 is 4.39 Å². The van der Waals surface area contributed by atoms with E-state index in [9.17, 15) is 13.2 Å². The molecule has 0 amide bonds. The third-order valence-corrected chi connectivity index (χ3v) is 6.10. The zero-order valence-electron chi connectivity index (χ0n) is 17.1. The Morgan fingerprint density at radius 1 is 1.00 bits per heavy atom.